The molecule has 6 heteroatoms. The fourth-order valence-electron chi connectivity index (χ4n) is 4.53. The van der Waals surface area contributed by atoms with E-state index in [0.717, 1.165) is 42.7 Å². The summed E-state index contributed by atoms with van der Waals surface area (Å²) < 4.78 is 0. The quantitative estimate of drug-likeness (QED) is 0.722. The standard InChI is InChI=1S/C22H23N3O2S/c26-21(15-5-3-10-24(13-15)22(27)20-8-4-12-28-20)25-11-9-19-17(14-25)16-6-1-2-7-18(16)23-19/h1-2,4,6-8,12,15,23H,3,5,9-11,13-14H2. The Hall–Kier alpha value is -2.60. The molecule has 1 fully saturated rings. The third-order valence-electron chi connectivity index (χ3n) is 5.98. The Bertz CT molecular complexity index is 1020. The zero-order valence-corrected chi connectivity index (χ0v) is 16.5. The molecule has 1 unspecified atom stereocenters. The first-order valence-corrected chi connectivity index (χ1v) is 10.8. The summed E-state index contributed by atoms with van der Waals surface area (Å²) in [6, 6.07) is 12.1. The van der Waals surface area contributed by atoms with Gasteiger partial charge in [0.05, 0.1) is 10.8 Å². The van der Waals surface area contributed by atoms with Crippen LogP contribution in [0.1, 0.15) is 33.8 Å². The monoisotopic (exact) mass is 393 g/mol. The molecule has 0 aliphatic carbocycles. The van der Waals surface area contributed by atoms with Crippen LogP contribution in [0.5, 0.6) is 0 Å². The SMILES string of the molecule is O=C(c1cccs1)N1CCCC(C(=O)N2CCc3[nH]c4ccccc4c3C2)C1. The number of carbonyl (C=O) groups excluding carboxylic acids is 2. The summed E-state index contributed by atoms with van der Waals surface area (Å²) >= 11 is 1.47. The number of fused-ring (bicyclic) bond motifs is 3. The molecule has 2 aliphatic rings. The molecule has 0 bridgehead atoms. The van der Waals surface area contributed by atoms with Crippen molar-refractivity contribution in [2.45, 2.75) is 25.8 Å². The predicted molar refractivity (Wildman–Crippen MR) is 110 cm³/mol. The predicted octanol–water partition coefficient (Wildman–Crippen LogP) is 3.67. The number of rotatable bonds is 2. The Labute approximate surface area is 168 Å². The summed E-state index contributed by atoms with van der Waals surface area (Å²) in [6.45, 7) is 2.68. The van der Waals surface area contributed by atoms with E-state index in [1.54, 1.807) is 0 Å². The molecule has 5 rings (SSSR count). The second kappa shape index (κ2) is 7.09. The van der Waals surface area contributed by atoms with Gasteiger partial charge in [0.15, 0.2) is 0 Å². The van der Waals surface area contributed by atoms with Crippen LogP contribution in [0.2, 0.25) is 0 Å². The molecule has 0 saturated carbocycles. The van der Waals surface area contributed by atoms with Crippen molar-refractivity contribution in [1.82, 2.24) is 14.8 Å². The number of likely N-dealkylation sites (tertiary alicyclic amines) is 1. The van der Waals surface area contributed by atoms with E-state index in [9.17, 15) is 9.59 Å². The van der Waals surface area contributed by atoms with E-state index < -0.39 is 0 Å². The summed E-state index contributed by atoms with van der Waals surface area (Å²) in [5, 5.41) is 3.14. The van der Waals surface area contributed by atoms with Crippen LogP contribution in [0.25, 0.3) is 10.9 Å². The molecular formula is C22H23N3O2S. The van der Waals surface area contributed by atoms with E-state index in [-0.39, 0.29) is 17.7 Å². The van der Waals surface area contributed by atoms with Gasteiger partial charge in [-0.05, 0) is 30.4 Å². The van der Waals surface area contributed by atoms with Crippen molar-refractivity contribution < 1.29 is 9.59 Å². The van der Waals surface area contributed by atoms with Gasteiger partial charge in [-0.3, -0.25) is 9.59 Å². The van der Waals surface area contributed by atoms with E-state index in [1.807, 2.05) is 39.4 Å². The Balaban J connectivity index is 1.32. The number of aromatic nitrogens is 1. The second-order valence-corrected chi connectivity index (χ2v) is 8.65. The van der Waals surface area contributed by atoms with Gasteiger partial charge in [-0.2, -0.15) is 0 Å². The fraction of sp³-hybridized carbons (Fsp3) is 0.364. The van der Waals surface area contributed by atoms with Gasteiger partial charge in [0.1, 0.15) is 0 Å². The highest BCUT2D eigenvalue weighted by Gasteiger charge is 2.33. The normalized spacial score (nSPS) is 19.6. The largest absolute Gasteiger partial charge is 0.358 e. The molecule has 28 heavy (non-hydrogen) atoms. The van der Waals surface area contributed by atoms with Crippen molar-refractivity contribution in [3.05, 3.63) is 57.9 Å². The lowest BCUT2D eigenvalue weighted by molar-refractivity contribution is -0.137. The summed E-state index contributed by atoms with van der Waals surface area (Å²) in [6.07, 6.45) is 2.62. The average Bonchev–Trinajstić information content (AvgIpc) is 3.40. The molecule has 2 amide bonds. The average molecular weight is 394 g/mol. The van der Waals surface area contributed by atoms with Gasteiger partial charge in [0, 0.05) is 54.8 Å². The highest BCUT2D eigenvalue weighted by Crippen LogP contribution is 2.29. The minimum absolute atomic E-state index is 0.0602. The number of nitrogens with zero attached hydrogens (tertiary/aromatic N) is 2. The first-order valence-electron chi connectivity index (χ1n) is 9.91. The van der Waals surface area contributed by atoms with Crippen molar-refractivity contribution in [3.63, 3.8) is 0 Å². The first-order chi connectivity index (χ1) is 13.7. The van der Waals surface area contributed by atoms with Crippen molar-refractivity contribution >= 4 is 34.1 Å². The zero-order chi connectivity index (χ0) is 19.1. The van der Waals surface area contributed by atoms with Gasteiger partial charge in [0.2, 0.25) is 5.91 Å². The van der Waals surface area contributed by atoms with E-state index in [1.165, 1.54) is 28.0 Å². The molecule has 1 N–H and O–H groups in total. The number of piperidine rings is 1. The lowest BCUT2D eigenvalue weighted by Crippen LogP contribution is -2.47. The van der Waals surface area contributed by atoms with Crippen LogP contribution in [0.4, 0.5) is 0 Å². The Morgan fingerprint density at radius 2 is 1.96 bits per heavy atom. The van der Waals surface area contributed by atoms with Crippen LogP contribution < -0.4 is 0 Å². The maximum atomic E-state index is 13.3. The van der Waals surface area contributed by atoms with Crippen molar-refractivity contribution in [2.75, 3.05) is 19.6 Å². The van der Waals surface area contributed by atoms with E-state index in [4.69, 9.17) is 0 Å². The van der Waals surface area contributed by atoms with Crippen molar-refractivity contribution in [3.8, 4) is 0 Å². The number of aromatic amines is 1. The molecule has 2 aromatic heterocycles. The summed E-state index contributed by atoms with van der Waals surface area (Å²) in [4.78, 5) is 34.1. The van der Waals surface area contributed by atoms with Gasteiger partial charge in [-0.25, -0.2) is 0 Å². The summed E-state index contributed by atoms with van der Waals surface area (Å²) in [5.41, 5.74) is 3.65. The summed E-state index contributed by atoms with van der Waals surface area (Å²) in [5.74, 6) is 0.161. The number of carbonyl (C=O) groups is 2. The van der Waals surface area contributed by atoms with E-state index in [2.05, 4.69) is 17.1 Å². The molecule has 2 aliphatic heterocycles. The molecule has 1 aromatic carbocycles. The number of hydrogen-bond donors (Lipinski definition) is 1. The van der Waals surface area contributed by atoms with Crippen molar-refractivity contribution in [2.24, 2.45) is 5.92 Å². The number of H-pyrrole nitrogens is 1. The van der Waals surface area contributed by atoms with Crippen LogP contribution in [-0.2, 0) is 17.8 Å². The number of hydrogen-bond acceptors (Lipinski definition) is 3. The van der Waals surface area contributed by atoms with Crippen LogP contribution >= 0.6 is 11.3 Å². The number of nitrogens with one attached hydrogen (secondary N) is 1. The van der Waals surface area contributed by atoms with Gasteiger partial charge in [-0.1, -0.05) is 24.3 Å². The second-order valence-electron chi connectivity index (χ2n) is 7.71. The number of para-hydroxylation sites is 1. The molecule has 1 atom stereocenters. The molecule has 0 spiro atoms. The maximum absolute atomic E-state index is 13.3. The molecule has 144 valence electrons. The highest BCUT2D eigenvalue weighted by atomic mass is 32.1. The zero-order valence-electron chi connectivity index (χ0n) is 15.7. The van der Waals surface area contributed by atoms with Crippen LogP contribution in [0.15, 0.2) is 41.8 Å². The molecule has 3 aromatic rings. The number of benzene rings is 1. The molecule has 5 nitrogen and oxygen atoms in total. The maximum Gasteiger partial charge on any atom is 0.263 e. The topological polar surface area (TPSA) is 56.4 Å². The van der Waals surface area contributed by atoms with Gasteiger partial charge < -0.3 is 14.8 Å². The van der Waals surface area contributed by atoms with Gasteiger partial charge in [-0.15, -0.1) is 11.3 Å². The molecule has 0 radical (unpaired) electrons. The third kappa shape index (κ3) is 3.02. The number of thiophene rings is 1. The first kappa shape index (κ1) is 17.5. The lowest BCUT2D eigenvalue weighted by Gasteiger charge is -2.36. The fourth-order valence-corrected chi connectivity index (χ4v) is 5.22. The molecular weight excluding hydrogens is 370 g/mol. The molecule has 4 heterocycles. The Morgan fingerprint density at radius 3 is 2.82 bits per heavy atom. The third-order valence-corrected chi connectivity index (χ3v) is 6.84. The van der Waals surface area contributed by atoms with Crippen molar-refractivity contribution in [1.29, 1.82) is 0 Å². The highest BCUT2D eigenvalue weighted by molar-refractivity contribution is 7.12. The van der Waals surface area contributed by atoms with Crippen LogP contribution in [-0.4, -0.2) is 46.2 Å². The molecule has 1 saturated heterocycles. The van der Waals surface area contributed by atoms with Gasteiger partial charge in [0.25, 0.3) is 5.91 Å². The van der Waals surface area contributed by atoms with E-state index >= 15 is 0 Å². The van der Waals surface area contributed by atoms with Gasteiger partial charge >= 0.3 is 0 Å². The van der Waals surface area contributed by atoms with Crippen LogP contribution in [0.3, 0.4) is 0 Å². The lowest BCUT2D eigenvalue weighted by atomic mass is 9.94. The van der Waals surface area contributed by atoms with Crippen LogP contribution in [0, 0.1) is 5.92 Å². The summed E-state index contributed by atoms with van der Waals surface area (Å²) in [7, 11) is 0. The van der Waals surface area contributed by atoms with E-state index in [0.29, 0.717) is 13.1 Å². The minimum Gasteiger partial charge on any atom is -0.358 e. The minimum atomic E-state index is -0.0931. The smallest absolute Gasteiger partial charge is 0.263 e. The number of amides is 2. The Kier molecular flexibility index (Phi) is 4.43. The Morgan fingerprint density at radius 1 is 1.07 bits per heavy atom.